The van der Waals surface area contributed by atoms with Gasteiger partial charge in [0.1, 0.15) is 0 Å². The molecule has 0 aliphatic rings. The van der Waals surface area contributed by atoms with E-state index in [0.717, 1.165) is 11.4 Å². The summed E-state index contributed by atoms with van der Waals surface area (Å²) in [4.78, 5) is 14.4. The van der Waals surface area contributed by atoms with Crippen LogP contribution in [0.1, 0.15) is 17.8 Å². The number of hydrogen-bond acceptors (Lipinski definition) is 3. The van der Waals surface area contributed by atoms with Gasteiger partial charge in [0.05, 0.1) is 31.1 Å². The number of aliphatic hydroxyl groups excluding tert-OH is 1. The van der Waals surface area contributed by atoms with Crippen molar-refractivity contribution in [1.29, 1.82) is 0 Å². The maximum atomic E-state index is 10.3. The maximum Gasteiger partial charge on any atom is 0.306 e. The first kappa shape index (κ1) is 10.7. The molecule has 1 aromatic heterocycles. The van der Waals surface area contributed by atoms with E-state index in [1.54, 1.807) is 10.9 Å². The van der Waals surface area contributed by atoms with Crippen LogP contribution in [0.15, 0.2) is 6.33 Å². The fourth-order valence-corrected chi connectivity index (χ4v) is 1.22. The lowest BCUT2D eigenvalue weighted by Gasteiger charge is -2.10. The topological polar surface area (TPSA) is 75.3 Å². The molecule has 1 unspecified atom stereocenters. The quantitative estimate of drug-likeness (QED) is 0.731. The van der Waals surface area contributed by atoms with Gasteiger partial charge in [-0.2, -0.15) is 0 Å². The Balaban J connectivity index is 2.60. The van der Waals surface area contributed by atoms with Crippen molar-refractivity contribution in [2.75, 3.05) is 0 Å². The maximum absolute atomic E-state index is 10.3. The van der Waals surface area contributed by atoms with E-state index in [4.69, 9.17) is 5.11 Å². The Hall–Kier alpha value is -1.36. The summed E-state index contributed by atoms with van der Waals surface area (Å²) in [7, 11) is 0. The number of carboxylic acid groups (broad SMARTS) is 1. The molecule has 0 spiro atoms. The number of carbonyl (C=O) groups is 1. The summed E-state index contributed by atoms with van der Waals surface area (Å²) in [6, 6.07) is 0. The van der Waals surface area contributed by atoms with E-state index in [1.165, 1.54) is 0 Å². The van der Waals surface area contributed by atoms with E-state index in [9.17, 15) is 9.90 Å². The molecule has 1 heterocycles. The summed E-state index contributed by atoms with van der Waals surface area (Å²) < 4.78 is 1.75. The summed E-state index contributed by atoms with van der Waals surface area (Å²) >= 11 is 0. The molecule has 0 bridgehead atoms. The van der Waals surface area contributed by atoms with Gasteiger partial charge in [0, 0.05) is 5.69 Å². The van der Waals surface area contributed by atoms with Gasteiger partial charge >= 0.3 is 5.97 Å². The van der Waals surface area contributed by atoms with Gasteiger partial charge in [0.2, 0.25) is 0 Å². The fourth-order valence-electron chi connectivity index (χ4n) is 1.22. The molecule has 1 atom stereocenters. The second-order valence-corrected chi connectivity index (χ2v) is 3.32. The van der Waals surface area contributed by atoms with E-state index >= 15 is 0 Å². The molecule has 0 aromatic carbocycles. The summed E-state index contributed by atoms with van der Waals surface area (Å²) in [5.41, 5.74) is 1.85. The molecule has 78 valence electrons. The van der Waals surface area contributed by atoms with E-state index in [-0.39, 0.29) is 13.0 Å². The number of aryl methyl sites for hydroxylation is 1. The molecule has 5 nitrogen and oxygen atoms in total. The van der Waals surface area contributed by atoms with Crippen molar-refractivity contribution in [2.45, 2.75) is 32.9 Å². The van der Waals surface area contributed by atoms with Gasteiger partial charge in [0.25, 0.3) is 0 Å². The highest BCUT2D eigenvalue weighted by molar-refractivity contribution is 5.67. The van der Waals surface area contributed by atoms with Gasteiger partial charge in [-0.3, -0.25) is 4.79 Å². The van der Waals surface area contributed by atoms with Crippen LogP contribution in [0, 0.1) is 13.8 Å². The Morgan fingerprint density at radius 3 is 2.71 bits per heavy atom. The van der Waals surface area contributed by atoms with Crippen LogP contribution in [0.5, 0.6) is 0 Å². The van der Waals surface area contributed by atoms with Gasteiger partial charge in [-0.25, -0.2) is 4.98 Å². The lowest BCUT2D eigenvalue weighted by molar-refractivity contribution is -0.139. The van der Waals surface area contributed by atoms with Crippen LogP contribution in [0.25, 0.3) is 0 Å². The van der Waals surface area contributed by atoms with Crippen molar-refractivity contribution in [1.82, 2.24) is 9.55 Å². The average Bonchev–Trinajstić information content (AvgIpc) is 2.34. The van der Waals surface area contributed by atoms with Crippen LogP contribution in [-0.2, 0) is 11.3 Å². The number of aliphatic hydroxyl groups is 1. The van der Waals surface area contributed by atoms with Gasteiger partial charge in [-0.05, 0) is 13.8 Å². The monoisotopic (exact) mass is 198 g/mol. The number of hydrogen-bond donors (Lipinski definition) is 2. The SMILES string of the molecule is Cc1ncn(CC(O)CC(=O)O)c1C. The first-order chi connectivity index (χ1) is 6.50. The third-order valence-electron chi connectivity index (χ3n) is 2.16. The molecule has 0 aliphatic carbocycles. The third kappa shape index (κ3) is 2.56. The van der Waals surface area contributed by atoms with Crippen LogP contribution in [-0.4, -0.2) is 31.8 Å². The highest BCUT2D eigenvalue weighted by Gasteiger charge is 2.11. The van der Waals surface area contributed by atoms with Crippen LogP contribution in [0.2, 0.25) is 0 Å². The zero-order chi connectivity index (χ0) is 10.7. The fraction of sp³-hybridized carbons (Fsp3) is 0.556. The van der Waals surface area contributed by atoms with Crippen molar-refractivity contribution < 1.29 is 15.0 Å². The van der Waals surface area contributed by atoms with E-state index < -0.39 is 12.1 Å². The van der Waals surface area contributed by atoms with Crippen molar-refractivity contribution in [3.63, 3.8) is 0 Å². The second kappa shape index (κ2) is 4.23. The Bertz CT molecular complexity index is 333. The van der Waals surface area contributed by atoms with Crippen molar-refractivity contribution in [2.24, 2.45) is 0 Å². The van der Waals surface area contributed by atoms with Gasteiger partial charge in [-0.1, -0.05) is 0 Å². The first-order valence-corrected chi connectivity index (χ1v) is 4.39. The van der Waals surface area contributed by atoms with Gasteiger partial charge in [0.15, 0.2) is 0 Å². The first-order valence-electron chi connectivity index (χ1n) is 4.39. The second-order valence-electron chi connectivity index (χ2n) is 3.32. The standard InChI is InChI=1S/C9H14N2O3/c1-6-7(2)11(5-10-6)4-8(12)3-9(13)14/h5,8,12H,3-4H2,1-2H3,(H,13,14). The van der Waals surface area contributed by atoms with Crippen LogP contribution >= 0.6 is 0 Å². The van der Waals surface area contributed by atoms with Crippen LogP contribution in [0.4, 0.5) is 0 Å². The summed E-state index contributed by atoms with van der Waals surface area (Å²) in [5.74, 6) is -0.994. The minimum absolute atomic E-state index is 0.239. The summed E-state index contributed by atoms with van der Waals surface area (Å²) in [6.07, 6.45) is 0.506. The smallest absolute Gasteiger partial charge is 0.306 e. The number of carboxylic acids is 1. The highest BCUT2D eigenvalue weighted by Crippen LogP contribution is 2.06. The number of nitrogens with zero attached hydrogens (tertiary/aromatic N) is 2. The van der Waals surface area contributed by atoms with Gasteiger partial charge < -0.3 is 14.8 Å². The number of aromatic nitrogens is 2. The molecule has 0 saturated carbocycles. The van der Waals surface area contributed by atoms with Gasteiger partial charge in [-0.15, -0.1) is 0 Å². The summed E-state index contributed by atoms with van der Waals surface area (Å²) in [5, 5.41) is 17.8. The molecular weight excluding hydrogens is 184 g/mol. The number of imidazole rings is 1. The zero-order valence-electron chi connectivity index (χ0n) is 8.27. The van der Waals surface area contributed by atoms with E-state index in [1.807, 2.05) is 13.8 Å². The predicted octanol–water partition coefficient (Wildman–Crippen LogP) is 0.336. The minimum Gasteiger partial charge on any atom is -0.481 e. The molecule has 0 fully saturated rings. The Kier molecular flexibility index (Phi) is 3.24. The average molecular weight is 198 g/mol. The summed E-state index contributed by atoms with van der Waals surface area (Å²) in [6.45, 7) is 4.03. The molecular formula is C9H14N2O3. The van der Waals surface area contributed by atoms with Crippen LogP contribution in [0.3, 0.4) is 0 Å². The molecule has 0 aliphatic heterocycles. The molecule has 0 radical (unpaired) electrons. The zero-order valence-corrected chi connectivity index (χ0v) is 8.27. The number of rotatable bonds is 4. The molecule has 0 amide bonds. The Labute approximate surface area is 82.0 Å². The highest BCUT2D eigenvalue weighted by atomic mass is 16.4. The largest absolute Gasteiger partial charge is 0.481 e. The van der Waals surface area contributed by atoms with Crippen LogP contribution < -0.4 is 0 Å². The number of aliphatic carboxylic acids is 1. The lowest BCUT2D eigenvalue weighted by atomic mass is 10.2. The van der Waals surface area contributed by atoms with E-state index in [2.05, 4.69) is 4.98 Å². The van der Waals surface area contributed by atoms with Crippen molar-refractivity contribution in [3.8, 4) is 0 Å². The lowest BCUT2D eigenvalue weighted by Crippen LogP contribution is -2.19. The molecule has 1 rings (SSSR count). The minimum atomic E-state index is -0.994. The van der Waals surface area contributed by atoms with Crippen molar-refractivity contribution >= 4 is 5.97 Å². The van der Waals surface area contributed by atoms with E-state index in [0.29, 0.717) is 0 Å². The molecule has 5 heteroatoms. The molecule has 14 heavy (non-hydrogen) atoms. The van der Waals surface area contributed by atoms with Crippen molar-refractivity contribution in [3.05, 3.63) is 17.7 Å². The predicted molar refractivity (Wildman–Crippen MR) is 50.0 cm³/mol. The third-order valence-corrected chi connectivity index (χ3v) is 2.16. The molecule has 2 N–H and O–H groups in total. The molecule has 0 saturated heterocycles. The Morgan fingerprint density at radius 2 is 2.29 bits per heavy atom. The Morgan fingerprint density at radius 1 is 1.64 bits per heavy atom. The molecule has 1 aromatic rings. The normalized spacial score (nSPS) is 12.8.